The van der Waals surface area contributed by atoms with Crippen molar-refractivity contribution in [2.45, 2.75) is 38.4 Å². The summed E-state index contributed by atoms with van der Waals surface area (Å²) in [5.41, 5.74) is 0. The maximum absolute atomic E-state index is 11.6. The molecule has 0 aromatic heterocycles. The van der Waals surface area contributed by atoms with E-state index in [0.717, 1.165) is 6.42 Å². The van der Waals surface area contributed by atoms with E-state index in [4.69, 9.17) is 5.11 Å². The van der Waals surface area contributed by atoms with E-state index in [-0.39, 0.29) is 12.6 Å². The lowest BCUT2D eigenvalue weighted by atomic mass is 9.97. The second kappa shape index (κ2) is 8.30. The summed E-state index contributed by atoms with van der Waals surface area (Å²) in [5.74, 6) is 0.122. The molecule has 5 nitrogen and oxygen atoms in total. The smallest absolute Gasteiger partial charge is 0.314 e. The first-order valence-electron chi connectivity index (χ1n) is 6.85. The lowest BCUT2D eigenvalue weighted by Crippen LogP contribution is -2.42. The summed E-state index contributed by atoms with van der Waals surface area (Å²) in [5, 5.41) is 15.0. The largest absolute Gasteiger partial charge is 0.481 e. The number of amides is 2. The van der Waals surface area contributed by atoms with E-state index in [2.05, 4.69) is 10.6 Å². The van der Waals surface area contributed by atoms with E-state index < -0.39 is 11.9 Å². The van der Waals surface area contributed by atoms with Crippen LogP contribution in [0.5, 0.6) is 0 Å². The van der Waals surface area contributed by atoms with Gasteiger partial charge in [0.1, 0.15) is 0 Å². The number of carbonyl (C=O) groups is 2. The van der Waals surface area contributed by atoms with Gasteiger partial charge in [0, 0.05) is 18.3 Å². The van der Waals surface area contributed by atoms with Crippen LogP contribution in [-0.4, -0.2) is 41.2 Å². The SMILES string of the molecule is CC(C)CC(CNC(=O)NCC1CCCS1)C(=O)O. The number of rotatable bonds is 7. The Bertz CT molecular complexity index is 304. The second-order valence-electron chi connectivity index (χ2n) is 5.39. The van der Waals surface area contributed by atoms with Crippen molar-refractivity contribution in [2.75, 3.05) is 18.8 Å². The van der Waals surface area contributed by atoms with E-state index in [1.165, 1.54) is 12.2 Å². The number of hydrogen-bond donors (Lipinski definition) is 3. The Morgan fingerprint density at radius 1 is 1.37 bits per heavy atom. The molecular formula is C13H24N2O3S. The summed E-state index contributed by atoms with van der Waals surface area (Å²) in [7, 11) is 0. The average Bonchev–Trinajstić information content (AvgIpc) is 2.84. The summed E-state index contributed by atoms with van der Waals surface area (Å²) in [6, 6.07) is -0.262. The monoisotopic (exact) mass is 288 g/mol. The van der Waals surface area contributed by atoms with Gasteiger partial charge in [-0.2, -0.15) is 11.8 Å². The Labute approximate surface area is 118 Å². The Balaban J connectivity index is 2.21. The fourth-order valence-corrected chi connectivity index (χ4v) is 3.33. The Morgan fingerprint density at radius 3 is 2.63 bits per heavy atom. The number of urea groups is 1. The van der Waals surface area contributed by atoms with E-state index in [9.17, 15) is 9.59 Å². The molecule has 1 rings (SSSR count). The molecule has 3 N–H and O–H groups in total. The third kappa shape index (κ3) is 6.71. The molecule has 19 heavy (non-hydrogen) atoms. The normalized spacial score (nSPS) is 20.3. The number of carbonyl (C=O) groups excluding carboxylic acids is 1. The lowest BCUT2D eigenvalue weighted by molar-refractivity contribution is -0.142. The molecule has 6 heteroatoms. The van der Waals surface area contributed by atoms with Crippen molar-refractivity contribution in [3.05, 3.63) is 0 Å². The van der Waals surface area contributed by atoms with Crippen LogP contribution in [0.3, 0.4) is 0 Å². The number of hydrogen-bond acceptors (Lipinski definition) is 3. The van der Waals surface area contributed by atoms with Crippen LogP contribution in [-0.2, 0) is 4.79 Å². The van der Waals surface area contributed by atoms with Crippen LogP contribution in [0.1, 0.15) is 33.1 Å². The van der Waals surface area contributed by atoms with E-state index in [1.807, 2.05) is 25.6 Å². The first-order chi connectivity index (χ1) is 8.99. The molecule has 2 amide bonds. The zero-order valence-corrected chi connectivity index (χ0v) is 12.5. The fourth-order valence-electron chi connectivity index (χ4n) is 2.13. The third-order valence-electron chi connectivity index (χ3n) is 3.13. The van der Waals surface area contributed by atoms with Crippen molar-refractivity contribution in [1.82, 2.24) is 10.6 Å². The topological polar surface area (TPSA) is 78.4 Å². The summed E-state index contributed by atoms with van der Waals surface area (Å²) >= 11 is 1.89. The van der Waals surface area contributed by atoms with Gasteiger partial charge in [0.25, 0.3) is 0 Å². The Hall–Kier alpha value is -0.910. The minimum absolute atomic E-state index is 0.192. The number of carboxylic acid groups (broad SMARTS) is 1. The predicted octanol–water partition coefficient (Wildman–Crippen LogP) is 1.93. The number of thioether (sulfide) groups is 1. The molecule has 0 bridgehead atoms. The van der Waals surface area contributed by atoms with Crippen molar-refractivity contribution < 1.29 is 14.7 Å². The highest BCUT2D eigenvalue weighted by atomic mass is 32.2. The second-order valence-corrected chi connectivity index (χ2v) is 6.80. The van der Waals surface area contributed by atoms with Gasteiger partial charge in [-0.1, -0.05) is 13.8 Å². The quantitative estimate of drug-likeness (QED) is 0.669. The standard InChI is InChI=1S/C13H24N2O3S/c1-9(2)6-10(12(16)17)7-14-13(18)15-8-11-4-3-5-19-11/h9-11H,3-8H2,1-2H3,(H,16,17)(H2,14,15,18). The van der Waals surface area contributed by atoms with Crippen molar-refractivity contribution >= 4 is 23.8 Å². The van der Waals surface area contributed by atoms with Crippen molar-refractivity contribution in [3.63, 3.8) is 0 Å². The van der Waals surface area contributed by atoms with Crippen LogP contribution in [0.2, 0.25) is 0 Å². The summed E-state index contributed by atoms with van der Waals surface area (Å²) < 4.78 is 0. The molecule has 1 saturated heterocycles. The molecule has 1 fully saturated rings. The van der Waals surface area contributed by atoms with Crippen LogP contribution in [0.25, 0.3) is 0 Å². The molecule has 1 heterocycles. The van der Waals surface area contributed by atoms with Crippen LogP contribution in [0.15, 0.2) is 0 Å². The van der Waals surface area contributed by atoms with Gasteiger partial charge in [0.05, 0.1) is 5.92 Å². The first-order valence-corrected chi connectivity index (χ1v) is 7.90. The number of aliphatic carboxylic acids is 1. The van der Waals surface area contributed by atoms with Crippen LogP contribution < -0.4 is 10.6 Å². The van der Waals surface area contributed by atoms with Crippen LogP contribution in [0.4, 0.5) is 4.79 Å². The van der Waals surface area contributed by atoms with Crippen LogP contribution >= 0.6 is 11.8 Å². The zero-order chi connectivity index (χ0) is 14.3. The molecule has 110 valence electrons. The van der Waals surface area contributed by atoms with Crippen molar-refractivity contribution in [1.29, 1.82) is 0 Å². The highest BCUT2D eigenvalue weighted by Crippen LogP contribution is 2.25. The van der Waals surface area contributed by atoms with Gasteiger partial charge in [-0.15, -0.1) is 0 Å². The molecule has 0 aromatic rings. The molecule has 0 aliphatic carbocycles. The summed E-state index contributed by atoms with van der Waals surface area (Å²) in [6.45, 7) is 4.82. The van der Waals surface area contributed by atoms with E-state index >= 15 is 0 Å². The van der Waals surface area contributed by atoms with Gasteiger partial charge < -0.3 is 15.7 Å². The van der Waals surface area contributed by atoms with Crippen molar-refractivity contribution in [3.8, 4) is 0 Å². The molecule has 0 spiro atoms. The highest BCUT2D eigenvalue weighted by Gasteiger charge is 2.20. The summed E-state index contributed by atoms with van der Waals surface area (Å²) in [4.78, 5) is 22.6. The Morgan fingerprint density at radius 2 is 2.11 bits per heavy atom. The van der Waals surface area contributed by atoms with Gasteiger partial charge in [0.15, 0.2) is 0 Å². The molecule has 0 aromatic carbocycles. The van der Waals surface area contributed by atoms with Gasteiger partial charge in [-0.05, 0) is 30.9 Å². The third-order valence-corrected chi connectivity index (χ3v) is 4.53. The highest BCUT2D eigenvalue weighted by molar-refractivity contribution is 8.00. The Kier molecular flexibility index (Phi) is 7.05. The number of carboxylic acids is 1. The maximum Gasteiger partial charge on any atom is 0.314 e. The maximum atomic E-state index is 11.6. The summed E-state index contributed by atoms with van der Waals surface area (Å²) in [6.07, 6.45) is 2.94. The molecule has 0 radical (unpaired) electrons. The van der Waals surface area contributed by atoms with Crippen molar-refractivity contribution in [2.24, 2.45) is 11.8 Å². The molecule has 0 saturated carbocycles. The zero-order valence-electron chi connectivity index (χ0n) is 11.6. The minimum Gasteiger partial charge on any atom is -0.481 e. The molecule has 2 atom stereocenters. The molecule has 1 aliphatic rings. The van der Waals surface area contributed by atoms with Gasteiger partial charge in [-0.3, -0.25) is 4.79 Å². The average molecular weight is 288 g/mol. The van der Waals surface area contributed by atoms with Gasteiger partial charge in [-0.25, -0.2) is 4.79 Å². The first kappa shape index (κ1) is 16.1. The number of nitrogens with one attached hydrogen (secondary N) is 2. The van der Waals surface area contributed by atoms with Gasteiger partial charge in [0.2, 0.25) is 0 Å². The lowest BCUT2D eigenvalue weighted by Gasteiger charge is -2.16. The molecule has 2 unspecified atom stereocenters. The van der Waals surface area contributed by atoms with Gasteiger partial charge >= 0.3 is 12.0 Å². The van der Waals surface area contributed by atoms with Crippen LogP contribution in [0, 0.1) is 11.8 Å². The minimum atomic E-state index is -0.847. The fraction of sp³-hybridized carbons (Fsp3) is 0.846. The molecular weight excluding hydrogens is 264 g/mol. The van der Waals surface area contributed by atoms with E-state index in [1.54, 1.807) is 0 Å². The predicted molar refractivity (Wildman–Crippen MR) is 77.5 cm³/mol. The van der Waals surface area contributed by atoms with E-state index in [0.29, 0.717) is 24.1 Å². The molecule has 1 aliphatic heterocycles.